The zero-order valence-corrected chi connectivity index (χ0v) is 11.1. The number of hydrogen-bond donors (Lipinski definition) is 2. The quantitative estimate of drug-likeness (QED) is 0.835. The third kappa shape index (κ3) is 2.97. The van der Waals surface area contributed by atoms with Gasteiger partial charge in [0.2, 0.25) is 0 Å². The van der Waals surface area contributed by atoms with Gasteiger partial charge in [-0.15, -0.1) is 0 Å². The summed E-state index contributed by atoms with van der Waals surface area (Å²) in [5, 5.41) is 22.1. The number of benzene rings is 1. The Bertz CT molecular complexity index is 607. The van der Waals surface area contributed by atoms with Crippen LogP contribution in [0.25, 0.3) is 5.69 Å². The lowest BCUT2D eigenvalue weighted by molar-refractivity contribution is 0.0688. The number of carboxylic acids is 1. The van der Waals surface area contributed by atoms with Crippen molar-refractivity contribution in [2.75, 3.05) is 13.2 Å². The molecule has 20 heavy (non-hydrogen) atoms. The largest absolute Gasteiger partial charge is 0.494 e. The molecule has 1 aromatic carbocycles. The lowest BCUT2D eigenvalue weighted by Gasteiger charge is -2.05. The van der Waals surface area contributed by atoms with Crippen molar-refractivity contribution in [3.05, 3.63) is 41.7 Å². The molecule has 1 heterocycles. The van der Waals surface area contributed by atoms with Crippen LogP contribution in [0.1, 0.15) is 23.0 Å². The molecule has 0 radical (unpaired) electrons. The van der Waals surface area contributed by atoms with Gasteiger partial charge in [0.05, 0.1) is 12.3 Å². The number of carbonyl (C=O) groups is 1. The Hall–Kier alpha value is -2.34. The number of nitrogens with zero attached hydrogens (tertiary/aromatic N) is 2. The molecule has 0 unspecified atom stereocenters. The van der Waals surface area contributed by atoms with E-state index in [-0.39, 0.29) is 18.7 Å². The summed E-state index contributed by atoms with van der Waals surface area (Å²) in [7, 11) is 0. The summed E-state index contributed by atoms with van der Waals surface area (Å²) in [4.78, 5) is 11.1. The normalized spacial score (nSPS) is 10.5. The molecule has 6 heteroatoms. The minimum atomic E-state index is -1.10. The zero-order valence-electron chi connectivity index (χ0n) is 11.1. The van der Waals surface area contributed by atoms with Gasteiger partial charge in [0.1, 0.15) is 5.75 Å². The molecule has 0 amide bonds. The summed E-state index contributed by atoms with van der Waals surface area (Å²) in [6, 6.07) is 7.23. The minimum Gasteiger partial charge on any atom is -0.494 e. The highest BCUT2D eigenvalue weighted by molar-refractivity contribution is 5.87. The fraction of sp³-hybridized carbons (Fsp3) is 0.286. The van der Waals surface area contributed by atoms with E-state index in [4.69, 9.17) is 14.9 Å². The van der Waals surface area contributed by atoms with Crippen molar-refractivity contribution >= 4 is 5.97 Å². The molecule has 2 aromatic rings. The first-order valence-corrected chi connectivity index (χ1v) is 6.31. The molecule has 6 nitrogen and oxygen atoms in total. The first-order chi connectivity index (χ1) is 9.65. The number of hydrogen-bond acceptors (Lipinski definition) is 4. The summed E-state index contributed by atoms with van der Waals surface area (Å²) in [6.07, 6.45) is 1.87. The SMILES string of the molecule is CCOc1cccc(-n2cc(CCO)c(C(=O)O)n2)c1. The molecule has 0 fully saturated rings. The molecular formula is C14H16N2O4. The average Bonchev–Trinajstić information content (AvgIpc) is 2.84. The number of aromatic carboxylic acids is 1. The van der Waals surface area contributed by atoms with E-state index < -0.39 is 5.97 Å². The number of carboxylic acid groups (broad SMARTS) is 1. The van der Waals surface area contributed by atoms with Gasteiger partial charge in [-0.3, -0.25) is 0 Å². The van der Waals surface area contributed by atoms with E-state index in [2.05, 4.69) is 5.10 Å². The number of rotatable bonds is 6. The maximum atomic E-state index is 11.1. The third-order valence-corrected chi connectivity index (χ3v) is 2.77. The molecule has 0 spiro atoms. The Balaban J connectivity index is 2.39. The second-order valence-electron chi connectivity index (χ2n) is 4.16. The average molecular weight is 276 g/mol. The van der Waals surface area contributed by atoms with Crippen molar-refractivity contribution in [2.45, 2.75) is 13.3 Å². The molecule has 0 saturated carbocycles. The van der Waals surface area contributed by atoms with Crippen LogP contribution in [-0.4, -0.2) is 39.2 Å². The van der Waals surface area contributed by atoms with Crippen LogP contribution in [0.3, 0.4) is 0 Å². The molecule has 0 aliphatic heterocycles. The van der Waals surface area contributed by atoms with Crippen molar-refractivity contribution in [1.82, 2.24) is 9.78 Å². The molecule has 2 rings (SSSR count). The highest BCUT2D eigenvalue weighted by Crippen LogP contribution is 2.18. The number of aromatic nitrogens is 2. The summed E-state index contributed by atoms with van der Waals surface area (Å²) in [5.74, 6) is -0.408. The van der Waals surface area contributed by atoms with Crippen LogP contribution in [0.2, 0.25) is 0 Å². The number of ether oxygens (including phenoxy) is 1. The van der Waals surface area contributed by atoms with E-state index in [1.165, 1.54) is 4.68 Å². The van der Waals surface area contributed by atoms with Gasteiger partial charge in [0.25, 0.3) is 0 Å². The second-order valence-corrected chi connectivity index (χ2v) is 4.16. The molecule has 0 atom stereocenters. The minimum absolute atomic E-state index is 0.0409. The topological polar surface area (TPSA) is 84.6 Å². The summed E-state index contributed by atoms with van der Waals surface area (Å²) < 4.78 is 6.89. The van der Waals surface area contributed by atoms with Crippen LogP contribution in [0.15, 0.2) is 30.5 Å². The summed E-state index contributed by atoms with van der Waals surface area (Å²) in [6.45, 7) is 2.33. The molecule has 0 aliphatic rings. The van der Waals surface area contributed by atoms with E-state index in [0.717, 1.165) is 0 Å². The fourth-order valence-electron chi connectivity index (χ4n) is 1.91. The van der Waals surface area contributed by atoms with Crippen molar-refractivity contribution in [3.63, 3.8) is 0 Å². The van der Waals surface area contributed by atoms with Gasteiger partial charge in [-0.2, -0.15) is 5.10 Å². The van der Waals surface area contributed by atoms with E-state index in [1.807, 2.05) is 25.1 Å². The van der Waals surface area contributed by atoms with Crippen molar-refractivity contribution in [3.8, 4) is 11.4 Å². The van der Waals surface area contributed by atoms with E-state index >= 15 is 0 Å². The van der Waals surface area contributed by atoms with Gasteiger partial charge in [-0.1, -0.05) is 6.07 Å². The van der Waals surface area contributed by atoms with Gasteiger partial charge < -0.3 is 14.9 Å². The first kappa shape index (κ1) is 14.1. The third-order valence-electron chi connectivity index (χ3n) is 2.77. The van der Waals surface area contributed by atoms with Gasteiger partial charge >= 0.3 is 5.97 Å². The number of aliphatic hydroxyl groups excluding tert-OH is 1. The van der Waals surface area contributed by atoms with Crippen molar-refractivity contribution in [1.29, 1.82) is 0 Å². The lowest BCUT2D eigenvalue weighted by Crippen LogP contribution is -2.04. The van der Waals surface area contributed by atoms with Crippen LogP contribution in [0.4, 0.5) is 0 Å². The molecule has 0 aliphatic carbocycles. The van der Waals surface area contributed by atoms with Crippen LogP contribution >= 0.6 is 0 Å². The maximum absolute atomic E-state index is 11.1. The van der Waals surface area contributed by atoms with Gasteiger partial charge in [-0.25, -0.2) is 9.48 Å². The molecular weight excluding hydrogens is 260 g/mol. The monoisotopic (exact) mass is 276 g/mol. The molecule has 106 valence electrons. The van der Waals surface area contributed by atoms with Gasteiger partial charge in [-0.05, 0) is 25.5 Å². The standard InChI is InChI=1S/C14H16N2O4/c1-2-20-12-5-3-4-11(8-12)16-9-10(6-7-17)13(15-16)14(18)19/h3-5,8-9,17H,2,6-7H2,1H3,(H,18,19). The fourth-order valence-corrected chi connectivity index (χ4v) is 1.91. The van der Waals surface area contributed by atoms with Crippen LogP contribution in [0, 0.1) is 0 Å². The molecule has 2 N–H and O–H groups in total. The van der Waals surface area contributed by atoms with Gasteiger partial charge in [0.15, 0.2) is 5.69 Å². The first-order valence-electron chi connectivity index (χ1n) is 6.31. The lowest BCUT2D eigenvalue weighted by atomic mass is 10.2. The van der Waals surface area contributed by atoms with Crippen molar-refractivity contribution < 1.29 is 19.7 Å². The van der Waals surface area contributed by atoms with E-state index in [1.54, 1.807) is 12.3 Å². The Morgan fingerprint density at radius 1 is 1.45 bits per heavy atom. The van der Waals surface area contributed by atoms with Gasteiger partial charge in [0, 0.05) is 24.4 Å². The Morgan fingerprint density at radius 2 is 2.25 bits per heavy atom. The molecule has 1 aromatic heterocycles. The summed E-state index contributed by atoms with van der Waals surface area (Å²) in [5.41, 5.74) is 1.17. The van der Waals surface area contributed by atoms with Crippen LogP contribution < -0.4 is 4.74 Å². The highest BCUT2D eigenvalue weighted by atomic mass is 16.5. The maximum Gasteiger partial charge on any atom is 0.356 e. The van der Waals surface area contributed by atoms with Crippen LogP contribution in [-0.2, 0) is 6.42 Å². The predicted octanol–water partition coefficient (Wildman–Crippen LogP) is 1.50. The second kappa shape index (κ2) is 6.21. The number of aliphatic hydroxyl groups is 1. The molecule has 0 bridgehead atoms. The highest BCUT2D eigenvalue weighted by Gasteiger charge is 2.16. The Morgan fingerprint density at radius 3 is 2.90 bits per heavy atom. The van der Waals surface area contributed by atoms with Crippen molar-refractivity contribution in [2.24, 2.45) is 0 Å². The smallest absolute Gasteiger partial charge is 0.356 e. The summed E-state index contributed by atoms with van der Waals surface area (Å²) >= 11 is 0. The predicted molar refractivity (Wildman–Crippen MR) is 72.5 cm³/mol. The molecule has 0 saturated heterocycles. The Labute approximate surface area is 116 Å². The van der Waals surface area contributed by atoms with Crippen LogP contribution in [0.5, 0.6) is 5.75 Å². The zero-order chi connectivity index (χ0) is 14.5. The van der Waals surface area contributed by atoms with E-state index in [9.17, 15) is 4.79 Å². The van der Waals surface area contributed by atoms with E-state index in [0.29, 0.717) is 23.6 Å². The Kier molecular flexibility index (Phi) is 4.37.